The molecule has 0 radical (unpaired) electrons. The van der Waals surface area contributed by atoms with Gasteiger partial charge in [0.2, 0.25) is 0 Å². The van der Waals surface area contributed by atoms with Crippen LogP contribution in [-0.2, 0) is 22.5 Å². The van der Waals surface area contributed by atoms with Gasteiger partial charge in [-0.05, 0) is 108 Å². The summed E-state index contributed by atoms with van der Waals surface area (Å²) in [7, 11) is 0. The number of piperidine rings is 1. The SMILES string of the molecule is CCn1nc(Cc2ccccc2)cc1C1CCN(C[C@H]2C[C@H](OC(=O)CNC(C)(C)C)C[C@@H]2c2cccc(F)c2)CC1.Cl.Cl.Cl. The van der Waals surface area contributed by atoms with Crippen LogP contribution in [0.15, 0.2) is 60.7 Å². The van der Waals surface area contributed by atoms with Crippen molar-refractivity contribution in [3.63, 3.8) is 0 Å². The van der Waals surface area contributed by atoms with Gasteiger partial charge in [-0.3, -0.25) is 9.48 Å². The molecule has 0 amide bonds. The average Bonchev–Trinajstić information content (AvgIpc) is 3.56. The van der Waals surface area contributed by atoms with Crippen molar-refractivity contribution in [3.05, 3.63) is 89.0 Å². The number of aryl methyl sites for hydroxylation is 1. The highest BCUT2D eigenvalue weighted by Crippen LogP contribution is 2.42. The molecule has 3 aromatic rings. The van der Waals surface area contributed by atoms with E-state index >= 15 is 0 Å². The summed E-state index contributed by atoms with van der Waals surface area (Å²) in [6.07, 6.45) is 4.48. The van der Waals surface area contributed by atoms with E-state index in [2.05, 4.69) is 58.2 Å². The van der Waals surface area contributed by atoms with Gasteiger partial charge in [-0.25, -0.2) is 4.39 Å². The summed E-state index contributed by atoms with van der Waals surface area (Å²) < 4.78 is 22.3. The second-order valence-electron chi connectivity index (χ2n) is 13.2. The minimum atomic E-state index is -0.214. The molecule has 1 aliphatic heterocycles. The molecule has 250 valence electrons. The number of rotatable bonds is 10. The van der Waals surface area contributed by atoms with Crippen LogP contribution in [0.4, 0.5) is 4.39 Å². The van der Waals surface area contributed by atoms with Crippen LogP contribution in [0.2, 0.25) is 0 Å². The van der Waals surface area contributed by atoms with Crippen molar-refractivity contribution >= 4 is 43.2 Å². The number of likely N-dealkylation sites (tertiary alicyclic amines) is 1. The molecule has 1 saturated heterocycles. The predicted molar refractivity (Wildman–Crippen MR) is 187 cm³/mol. The number of hydrogen-bond donors (Lipinski definition) is 1. The first-order valence-electron chi connectivity index (χ1n) is 15.7. The van der Waals surface area contributed by atoms with Crippen molar-refractivity contribution in [1.82, 2.24) is 20.0 Å². The lowest BCUT2D eigenvalue weighted by Crippen LogP contribution is -2.40. The first-order valence-corrected chi connectivity index (χ1v) is 15.7. The van der Waals surface area contributed by atoms with Crippen LogP contribution in [0.3, 0.4) is 0 Å². The van der Waals surface area contributed by atoms with Crippen LogP contribution >= 0.6 is 37.2 Å². The number of nitrogens with one attached hydrogen (secondary N) is 1. The molecule has 1 saturated carbocycles. The molecule has 2 fully saturated rings. The number of carbonyl (C=O) groups is 1. The van der Waals surface area contributed by atoms with Gasteiger partial charge < -0.3 is 15.0 Å². The van der Waals surface area contributed by atoms with Crippen molar-refractivity contribution in [3.8, 4) is 0 Å². The molecule has 1 aromatic heterocycles. The van der Waals surface area contributed by atoms with Gasteiger partial charge in [0.25, 0.3) is 0 Å². The third-order valence-electron chi connectivity index (χ3n) is 8.88. The Morgan fingerprint density at radius 3 is 2.36 bits per heavy atom. The predicted octanol–water partition coefficient (Wildman–Crippen LogP) is 7.57. The zero-order valence-corrected chi connectivity index (χ0v) is 29.4. The van der Waals surface area contributed by atoms with Gasteiger partial charge in [-0.2, -0.15) is 5.10 Å². The van der Waals surface area contributed by atoms with Crippen molar-refractivity contribution in [2.24, 2.45) is 5.92 Å². The van der Waals surface area contributed by atoms with E-state index in [0.29, 0.717) is 11.8 Å². The lowest BCUT2D eigenvalue weighted by molar-refractivity contribution is -0.148. The van der Waals surface area contributed by atoms with Crippen molar-refractivity contribution in [1.29, 1.82) is 0 Å². The van der Waals surface area contributed by atoms with E-state index in [1.807, 2.05) is 26.8 Å². The monoisotopic (exact) mass is 682 g/mol. The molecule has 0 spiro atoms. The Labute approximate surface area is 287 Å². The fourth-order valence-electron chi connectivity index (χ4n) is 6.79. The number of hydrogen-bond acceptors (Lipinski definition) is 5. The average molecular weight is 684 g/mol. The Kier molecular flexibility index (Phi) is 15.3. The number of ether oxygens (including phenoxy) is 1. The van der Waals surface area contributed by atoms with E-state index in [4.69, 9.17) is 9.84 Å². The van der Waals surface area contributed by atoms with Gasteiger partial charge in [0, 0.05) is 36.7 Å². The van der Waals surface area contributed by atoms with Gasteiger partial charge in [0.15, 0.2) is 0 Å². The van der Waals surface area contributed by atoms with Gasteiger partial charge >= 0.3 is 5.97 Å². The summed E-state index contributed by atoms with van der Waals surface area (Å²) in [4.78, 5) is 15.2. The number of halogens is 4. The maximum absolute atomic E-state index is 14.2. The summed E-state index contributed by atoms with van der Waals surface area (Å²) in [6, 6.07) is 19.9. The Morgan fingerprint density at radius 1 is 1.00 bits per heavy atom. The molecule has 0 unspecified atom stereocenters. The fraction of sp³-hybridized carbons (Fsp3) is 0.543. The summed E-state index contributed by atoms with van der Waals surface area (Å²) in [6.45, 7) is 12.4. The maximum Gasteiger partial charge on any atom is 0.320 e. The third-order valence-corrected chi connectivity index (χ3v) is 8.88. The molecule has 0 bridgehead atoms. The molecular formula is C35H50Cl3FN4O2. The van der Waals surface area contributed by atoms with E-state index in [0.717, 1.165) is 69.5 Å². The van der Waals surface area contributed by atoms with E-state index in [9.17, 15) is 9.18 Å². The van der Waals surface area contributed by atoms with Crippen molar-refractivity contribution in [2.45, 2.75) is 89.8 Å². The summed E-state index contributed by atoms with van der Waals surface area (Å²) in [5.74, 6) is 0.573. The Morgan fingerprint density at radius 2 is 1.71 bits per heavy atom. The smallest absolute Gasteiger partial charge is 0.320 e. The molecule has 2 aliphatic rings. The minimum absolute atomic E-state index is 0. The van der Waals surface area contributed by atoms with Gasteiger partial charge in [-0.15, -0.1) is 37.2 Å². The third kappa shape index (κ3) is 11.0. The summed E-state index contributed by atoms with van der Waals surface area (Å²) in [5, 5.41) is 8.16. The van der Waals surface area contributed by atoms with E-state index in [-0.39, 0.29) is 73.1 Å². The quantitative estimate of drug-likeness (QED) is 0.224. The highest BCUT2D eigenvalue weighted by atomic mass is 35.5. The highest BCUT2D eigenvalue weighted by Gasteiger charge is 2.39. The number of carbonyl (C=O) groups excluding carboxylic acids is 1. The summed E-state index contributed by atoms with van der Waals surface area (Å²) in [5.41, 5.74) is 4.66. The van der Waals surface area contributed by atoms with Crippen LogP contribution < -0.4 is 5.32 Å². The van der Waals surface area contributed by atoms with Gasteiger partial charge in [-0.1, -0.05) is 42.5 Å². The Balaban J connectivity index is 0.00000235. The van der Waals surface area contributed by atoms with Gasteiger partial charge in [0.05, 0.1) is 12.2 Å². The van der Waals surface area contributed by atoms with Gasteiger partial charge in [0.1, 0.15) is 11.9 Å². The first kappa shape index (κ1) is 39.0. The second-order valence-corrected chi connectivity index (χ2v) is 13.2. The van der Waals surface area contributed by atoms with Crippen LogP contribution in [0.25, 0.3) is 0 Å². The largest absolute Gasteiger partial charge is 0.461 e. The minimum Gasteiger partial charge on any atom is -0.461 e. The standard InChI is InChI=1S/C35H47FN4O2.3ClH/c1-5-40-33(21-30(38-40)18-25-10-7-6-8-11-25)26-14-16-39(17-15-26)24-28-20-31(42-34(41)23-37-35(2,3)4)22-32(28)27-12-9-13-29(36)19-27;;;/h6-13,19,21,26,28,31-32,37H,5,14-18,20,22-24H2,1-4H3;3*1H/t28-,31+,32-;;;/m1.../s1. The van der Waals surface area contributed by atoms with Crippen LogP contribution in [0.1, 0.15) is 87.7 Å². The van der Waals surface area contributed by atoms with E-state index in [1.165, 1.54) is 17.3 Å². The van der Waals surface area contributed by atoms with Crippen molar-refractivity contribution in [2.75, 3.05) is 26.2 Å². The Hall–Kier alpha value is -2.16. The normalized spacial score (nSPS) is 20.5. The van der Waals surface area contributed by atoms with E-state index < -0.39 is 0 Å². The lowest BCUT2D eigenvalue weighted by atomic mass is 9.87. The zero-order chi connectivity index (χ0) is 29.7. The number of benzene rings is 2. The molecular weight excluding hydrogens is 634 g/mol. The molecule has 2 heterocycles. The molecule has 45 heavy (non-hydrogen) atoms. The lowest BCUT2D eigenvalue weighted by Gasteiger charge is -2.35. The zero-order valence-electron chi connectivity index (χ0n) is 26.9. The van der Waals surface area contributed by atoms with Crippen LogP contribution in [0, 0.1) is 11.7 Å². The van der Waals surface area contributed by atoms with Crippen LogP contribution in [0.5, 0.6) is 0 Å². The highest BCUT2D eigenvalue weighted by molar-refractivity contribution is 5.86. The number of nitrogens with zero attached hydrogens (tertiary/aromatic N) is 3. The molecule has 10 heteroatoms. The molecule has 2 aromatic carbocycles. The molecule has 6 nitrogen and oxygen atoms in total. The number of esters is 1. The van der Waals surface area contributed by atoms with Crippen LogP contribution in [-0.4, -0.2) is 58.5 Å². The molecule has 1 N–H and O–H groups in total. The van der Waals surface area contributed by atoms with Crippen molar-refractivity contribution < 1.29 is 13.9 Å². The topological polar surface area (TPSA) is 59.4 Å². The molecule has 3 atom stereocenters. The first-order chi connectivity index (χ1) is 20.2. The summed E-state index contributed by atoms with van der Waals surface area (Å²) >= 11 is 0. The maximum atomic E-state index is 14.2. The second kappa shape index (κ2) is 17.7. The molecule has 5 rings (SSSR count). The number of aromatic nitrogens is 2. The molecule has 1 aliphatic carbocycles. The van der Waals surface area contributed by atoms with E-state index in [1.54, 1.807) is 12.1 Å². The Bertz CT molecular complexity index is 1330. The fourth-order valence-corrected chi connectivity index (χ4v) is 6.79.